The maximum Gasteiger partial charge on any atom is 0.268 e. The summed E-state index contributed by atoms with van der Waals surface area (Å²) in [6.07, 6.45) is 2.09. The van der Waals surface area contributed by atoms with Crippen molar-refractivity contribution in [3.8, 4) is 0 Å². The van der Waals surface area contributed by atoms with Crippen molar-refractivity contribution in [1.82, 2.24) is 14.6 Å². The van der Waals surface area contributed by atoms with Gasteiger partial charge in [-0.3, -0.25) is 4.79 Å². The van der Waals surface area contributed by atoms with Crippen molar-refractivity contribution < 1.29 is 8.42 Å². The zero-order valence-electron chi connectivity index (χ0n) is 9.93. The SMILES string of the molecule is CN(C)CCCNS(=O)(=O)c1ccc[nH]c1=O. The third-order valence-corrected chi connectivity index (χ3v) is 3.63. The third-order valence-electron chi connectivity index (χ3n) is 2.15. The van der Waals surface area contributed by atoms with Crippen LogP contribution in [-0.2, 0) is 10.0 Å². The first-order chi connectivity index (χ1) is 7.93. The lowest BCUT2D eigenvalue weighted by atomic mass is 10.4. The molecule has 0 aliphatic rings. The van der Waals surface area contributed by atoms with Gasteiger partial charge in [0.25, 0.3) is 5.56 Å². The molecule has 1 rings (SSSR count). The highest BCUT2D eigenvalue weighted by Gasteiger charge is 2.16. The number of nitrogens with one attached hydrogen (secondary N) is 2. The van der Waals surface area contributed by atoms with E-state index in [0.29, 0.717) is 13.0 Å². The summed E-state index contributed by atoms with van der Waals surface area (Å²) in [5, 5.41) is 0. The number of nitrogens with zero attached hydrogens (tertiary/aromatic N) is 1. The molecule has 1 heterocycles. The van der Waals surface area contributed by atoms with E-state index < -0.39 is 15.6 Å². The van der Waals surface area contributed by atoms with E-state index in [4.69, 9.17) is 0 Å². The fourth-order valence-electron chi connectivity index (χ4n) is 1.30. The summed E-state index contributed by atoms with van der Waals surface area (Å²) in [7, 11) is 0.125. The van der Waals surface area contributed by atoms with E-state index in [1.54, 1.807) is 0 Å². The first-order valence-electron chi connectivity index (χ1n) is 5.25. The Balaban J connectivity index is 2.64. The monoisotopic (exact) mass is 259 g/mol. The van der Waals surface area contributed by atoms with E-state index in [1.165, 1.54) is 18.3 Å². The molecule has 1 aromatic rings. The Hall–Kier alpha value is -1.18. The van der Waals surface area contributed by atoms with E-state index in [-0.39, 0.29) is 4.90 Å². The van der Waals surface area contributed by atoms with Crippen LogP contribution in [0.25, 0.3) is 0 Å². The highest BCUT2D eigenvalue weighted by Crippen LogP contribution is 2.00. The van der Waals surface area contributed by atoms with E-state index in [0.717, 1.165) is 6.54 Å². The van der Waals surface area contributed by atoms with Crippen LogP contribution in [0.15, 0.2) is 28.0 Å². The van der Waals surface area contributed by atoms with Gasteiger partial charge in [0.1, 0.15) is 4.90 Å². The third kappa shape index (κ3) is 4.29. The molecule has 1 aromatic heterocycles. The molecule has 7 heteroatoms. The average molecular weight is 259 g/mol. The molecule has 0 aliphatic carbocycles. The second kappa shape index (κ2) is 5.95. The van der Waals surface area contributed by atoms with Gasteiger partial charge in [-0.15, -0.1) is 0 Å². The molecule has 17 heavy (non-hydrogen) atoms. The predicted molar refractivity (Wildman–Crippen MR) is 65.4 cm³/mol. The Kier molecular flexibility index (Phi) is 4.86. The van der Waals surface area contributed by atoms with Gasteiger partial charge in [-0.1, -0.05) is 0 Å². The summed E-state index contributed by atoms with van der Waals surface area (Å²) in [4.78, 5) is 15.4. The zero-order valence-corrected chi connectivity index (χ0v) is 10.8. The number of aromatic nitrogens is 1. The van der Waals surface area contributed by atoms with Crippen LogP contribution in [0.2, 0.25) is 0 Å². The Bertz CT molecular complexity index is 508. The summed E-state index contributed by atoms with van der Waals surface area (Å²) >= 11 is 0. The van der Waals surface area contributed by atoms with E-state index in [9.17, 15) is 13.2 Å². The normalized spacial score (nSPS) is 11.9. The molecule has 2 N–H and O–H groups in total. The minimum atomic E-state index is -3.70. The van der Waals surface area contributed by atoms with Gasteiger partial charge < -0.3 is 9.88 Å². The molecule has 0 amide bonds. The number of rotatable bonds is 6. The summed E-state index contributed by atoms with van der Waals surface area (Å²) in [5.74, 6) is 0. The predicted octanol–water partition coefficient (Wildman–Crippen LogP) is -0.395. The van der Waals surface area contributed by atoms with Gasteiger partial charge in [0.05, 0.1) is 0 Å². The van der Waals surface area contributed by atoms with Crippen LogP contribution in [0.3, 0.4) is 0 Å². The van der Waals surface area contributed by atoms with Gasteiger partial charge in [0.15, 0.2) is 0 Å². The van der Waals surface area contributed by atoms with Gasteiger partial charge in [-0.25, -0.2) is 13.1 Å². The number of pyridine rings is 1. The summed E-state index contributed by atoms with van der Waals surface area (Å²) in [6.45, 7) is 1.10. The first-order valence-corrected chi connectivity index (χ1v) is 6.74. The number of hydrogen-bond donors (Lipinski definition) is 2. The number of aromatic amines is 1. The minimum Gasteiger partial charge on any atom is -0.328 e. The molecule has 0 unspecified atom stereocenters. The van der Waals surface area contributed by atoms with Crippen molar-refractivity contribution in [1.29, 1.82) is 0 Å². The summed E-state index contributed by atoms with van der Waals surface area (Å²) < 4.78 is 25.9. The van der Waals surface area contributed by atoms with Crippen LogP contribution in [0.5, 0.6) is 0 Å². The molecule has 0 radical (unpaired) electrons. The molecule has 0 bridgehead atoms. The number of sulfonamides is 1. The molecular weight excluding hydrogens is 242 g/mol. The van der Waals surface area contributed by atoms with Gasteiger partial charge >= 0.3 is 0 Å². The molecule has 96 valence electrons. The molecule has 6 nitrogen and oxygen atoms in total. The lowest BCUT2D eigenvalue weighted by Crippen LogP contribution is -2.31. The second-order valence-electron chi connectivity index (χ2n) is 3.92. The topological polar surface area (TPSA) is 82.3 Å². The van der Waals surface area contributed by atoms with E-state index in [1.807, 2.05) is 19.0 Å². The van der Waals surface area contributed by atoms with Crippen molar-refractivity contribution >= 4 is 10.0 Å². The Morgan fingerprint density at radius 1 is 1.41 bits per heavy atom. The Morgan fingerprint density at radius 3 is 2.71 bits per heavy atom. The lowest BCUT2D eigenvalue weighted by molar-refractivity contribution is 0.400. The van der Waals surface area contributed by atoms with Crippen LogP contribution in [0.1, 0.15) is 6.42 Å². The van der Waals surface area contributed by atoms with Gasteiger partial charge in [0.2, 0.25) is 10.0 Å². The Labute approximate surface area is 101 Å². The van der Waals surface area contributed by atoms with Crippen molar-refractivity contribution in [2.45, 2.75) is 11.3 Å². The van der Waals surface area contributed by atoms with Crippen molar-refractivity contribution in [3.05, 3.63) is 28.7 Å². The van der Waals surface area contributed by atoms with Crippen molar-refractivity contribution in [3.63, 3.8) is 0 Å². The first kappa shape index (κ1) is 13.9. The van der Waals surface area contributed by atoms with Crippen LogP contribution < -0.4 is 10.3 Å². The molecule has 0 aliphatic heterocycles. The lowest BCUT2D eigenvalue weighted by Gasteiger charge is -2.09. The second-order valence-corrected chi connectivity index (χ2v) is 5.65. The number of H-pyrrole nitrogens is 1. The maximum absolute atomic E-state index is 11.8. The maximum atomic E-state index is 11.8. The molecular formula is C10H17N3O3S. The van der Waals surface area contributed by atoms with Crippen LogP contribution in [0, 0.1) is 0 Å². The highest BCUT2D eigenvalue weighted by molar-refractivity contribution is 7.89. The van der Waals surface area contributed by atoms with Crippen molar-refractivity contribution in [2.24, 2.45) is 0 Å². The number of hydrogen-bond acceptors (Lipinski definition) is 4. The van der Waals surface area contributed by atoms with E-state index in [2.05, 4.69) is 9.71 Å². The summed E-state index contributed by atoms with van der Waals surface area (Å²) in [5.41, 5.74) is -0.604. The van der Waals surface area contributed by atoms with Crippen LogP contribution in [-0.4, -0.2) is 45.5 Å². The van der Waals surface area contributed by atoms with E-state index >= 15 is 0 Å². The smallest absolute Gasteiger partial charge is 0.268 e. The highest BCUT2D eigenvalue weighted by atomic mass is 32.2. The molecule has 0 fully saturated rings. The molecule has 0 saturated heterocycles. The average Bonchev–Trinajstić information content (AvgIpc) is 2.24. The van der Waals surface area contributed by atoms with Crippen LogP contribution in [0.4, 0.5) is 0 Å². The van der Waals surface area contributed by atoms with Gasteiger partial charge in [0, 0.05) is 12.7 Å². The molecule has 0 aromatic carbocycles. The minimum absolute atomic E-state index is 0.246. The largest absolute Gasteiger partial charge is 0.328 e. The van der Waals surface area contributed by atoms with Gasteiger partial charge in [-0.2, -0.15) is 0 Å². The molecule has 0 spiro atoms. The standard InChI is InChI=1S/C10H17N3O3S/c1-13(2)8-4-7-12-17(15,16)9-5-3-6-11-10(9)14/h3,5-6,12H,4,7-8H2,1-2H3,(H,11,14). The summed E-state index contributed by atoms with van der Waals surface area (Å²) in [6, 6.07) is 2.77. The fourth-order valence-corrected chi connectivity index (χ4v) is 2.43. The van der Waals surface area contributed by atoms with Gasteiger partial charge in [-0.05, 0) is 39.2 Å². The fraction of sp³-hybridized carbons (Fsp3) is 0.500. The quantitative estimate of drug-likeness (QED) is 0.681. The van der Waals surface area contributed by atoms with Crippen molar-refractivity contribution in [2.75, 3.05) is 27.2 Å². The van der Waals surface area contributed by atoms with Crippen LogP contribution >= 0.6 is 0 Å². The zero-order chi connectivity index (χ0) is 12.9. The molecule has 0 saturated carbocycles. The molecule has 0 atom stereocenters. The Morgan fingerprint density at radius 2 is 2.12 bits per heavy atom.